The molecule has 1 aliphatic rings. The molecule has 1 unspecified atom stereocenters. The van der Waals surface area contributed by atoms with Crippen molar-refractivity contribution in [1.29, 1.82) is 0 Å². The second-order valence-corrected chi connectivity index (χ2v) is 4.20. The molecule has 0 amide bonds. The fraction of sp³-hybridized carbons (Fsp3) is 0.273. The molecule has 13 heavy (non-hydrogen) atoms. The lowest BCUT2D eigenvalue weighted by Gasteiger charge is -2.25. The monoisotopic (exact) mass is 238 g/mol. The summed E-state index contributed by atoms with van der Waals surface area (Å²) in [4.78, 5) is 0. The van der Waals surface area contributed by atoms with Gasteiger partial charge in [-0.3, -0.25) is 0 Å². The quantitative estimate of drug-likeness (QED) is 0.841. The summed E-state index contributed by atoms with van der Waals surface area (Å²) in [7, 11) is 0. The molecule has 1 atom stereocenters. The third-order valence-electron chi connectivity index (χ3n) is 2.46. The van der Waals surface area contributed by atoms with Gasteiger partial charge in [-0.2, -0.15) is 0 Å². The van der Waals surface area contributed by atoms with E-state index in [2.05, 4.69) is 34.1 Å². The van der Waals surface area contributed by atoms with E-state index in [1.165, 1.54) is 11.1 Å². The predicted molar refractivity (Wildman–Crippen MR) is 57.3 cm³/mol. The lowest BCUT2D eigenvalue weighted by atomic mass is 9.81. The fourth-order valence-corrected chi connectivity index (χ4v) is 1.84. The van der Waals surface area contributed by atoms with Crippen LogP contribution >= 0.6 is 15.9 Å². The van der Waals surface area contributed by atoms with Crippen LogP contribution in [0.2, 0.25) is 0 Å². The largest absolute Gasteiger partial charge is 0.396 e. The molecule has 1 aromatic rings. The first-order chi connectivity index (χ1) is 6.31. The van der Waals surface area contributed by atoms with Gasteiger partial charge in [-0.05, 0) is 29.7 Å². The van der Waals surface area contributed by atoms with E-state index in [-0.39, 0.29) is 6.61 Å². The Morgan fingerprint density at radius 1 is 1.31 bits per heavy atom. The number of aliphatic hydroxyl groups excluding tert-OH is 1. The van der Waals surface area contributed by atoms with Crippen molar-refractivity contribution in [3.8, 4) is 0 Å². The van der Waals surface area contributed by atoms with Crippen molar-refractivity contribution in [3.63, 3.8) is 0 Å². The maximum Gasteiger partial charge on any atom is 0.0502 e. The molecule has 0 bridgehead atoms. The molecule has 68 valence electrons. The summed E-state index contributed by atoms with van der Waals surface area (Å²) >= 11 is 3.40. The topological polar surface area (TPSA) is 20.2 Å². The summed E-state index contributed by atoms with van der Waals surface area (Å²) in [5, 5.41) is 9.02. The molecular formula is C11H11BrO. The third-order valence-corrected chi connectivity index (χ3v) is 2.99. The fourth-order valence-electron chi connectivity index (χ4n) is 1.57. The molecule has 0 radical (unpaired) electrons. The molecule has 0 aliphatic heterocycles. The highest BCUT2D eigenvalue weighted by Crippen LogP contribution is 2.35. The number of allylic oxidation sites excluding steroid dienone is 1. The van der Waals surface area contributed by atoms with Crippen molar-refractivity contribution >= 4 is 21.5 Å². The van der Waals surface area contributed by atoms with Crippen LogP contribution in [0, 0.1) is 5.92 Å². The Labute approximate surface area is 86.2 Å². The van der Waals surface area contributed by atoms with E-state index in [1.807, 2.05) is 12.1 Å². The van der Waals surface area contributed by atoms with E-state index >= 15 is 0 Å². The lowest BCUT2D eigenvalue weighted by Crippen LogP contribution is -2.15. The molecule has 1 nitrogen and oxygen atoms in total. The molecular weight excluding hydrogens is 228 g/mol. The summed E-state index contributed by atoms with van der Waals surface area (Å²) in [5.74, 6) is 0.362. The first-order valence-electron chi connectivity index (χ1n) is 4.38. The first kappa shape index (κ1) is 8.97. The summed E-state index contributed by atoms with van der Waals surface area (Å²) in [5.41, 5.74) is 2.52. The van der Waals surface area contributed by atoms with E-state index in [4.69, 9.17) is 5.11 Å². The Hall–Kier alpha value is -0.600. The number of hydrogen-bond donors (Lipinski definition) is 1. The zero-order chi connectivity index (χ0) is 9.26. The van der Waals surface area contributed by atoms with E-state index in [1.54, 1.807) is 0 Å². The zero-order valence-electron chi connectivity index (χ0n) is 7.20. The van der Waals surface area contributed by atoms with Crippen LogP contribution in [0.4, 0.5) is 0 Å². The highest BCUT2D eigenvalue weighted by atomic mass is 79.9. The second kappa shape index (κ2) is 3.64. The highest BCUT2D eigenvalue weighted by molar-refractivity contribution is 9.10. The van der Waals surface area contributed by atoms with Crippen LogP contribution in [0.25, 0.3) is 5.57 Å². The van der Waals surface area contributed by atoms with E-state index < -0.39 is 0 Å². The van der Waals surface area contributed by atoms with Gasteiger partial charge < -0.3 is 5.11 Å². The van der Waals surface area contributed by atoms with Crippen molar-refractivity contribution in [2.75, 3.05) is 6.61 Å². The van der Waals surface area contributed by atoms with Crippen LogP contribution in [0.1, 0.15) is 12.0 Å². The number of halogens is 1. The molecule has 1 N–H and O–H groups in total. The Bertz CT molecular complexity index is 326. The van der Waals surface area contributed by atoms with Crippen molar-refractivity contribution < 1.29 is 5.11 Å². The average molecular weight is 239 g/mol. The SMILES string of the molecule is OCC1CC=C1c1ccc(Br)cc1. The standard InChI is InChI=1S/C11H11BrO/c12-10-4-1-8(2-5-10)11-6-3-9(11)7-13/h1-2,4-6,9,13H,3,7H2. The Balaban J connectivity index is 2.22. The molecule has 0 saturated carbocycles. The Kier molecular flexibility index (Phi) is 2.51. The van der Waals surface area contributed by atoms with Gasteiger partial charge in [-0.15, -0.1) is 0 Å². The van der Waals surface area contributed by atoms with E-state index in [9.17, 15) is 0 Å². The van der Waals surface area contributed by atoms with Crippen molar-refractivity contribution in [1.82, 2.24) is 0 Å². The Morgan fingerprint density at radius 3 is 2.46 bits per heavy atom. The maximum atomic E-state index is 9.02. The summed E-state index contributed by atoms with van der Waals surface area (Å²) in [6.07, 6.45) is 3.20. The van der Waals surface area contributed by atoms with Crippen molar-refractivity contribution in [2.45, 2.75) is 6.42 Å². The molecule has 0 fully saturated rings. The van der Waals surface area contributed by atoms with Gasteiger partial charge in [-0.1, -0.05) is 34.1 Å². The van der Waals surface area contributed by atoms with Gasteiger partial charge in [0.15, 0.2) is 0 Å². The molecule has 2 heteroatoms. The molecule has 0 heterocycles. The zero-order valence-corrected chi connectivity index (χ0v) is 8.79. The van der Waals surface area contributed by atoms with Crippen LogP contribution in [0.15, 0.2) is 34.8 Å². The summed E-state index contributed by atoms with van der Waals surface area (Å²) in [6.45, 7) is 0.266. The minimum atomic E-state index is 0.266. The number of hydrogen-bond acceptors (Lipinski definition) is 1. The maximum absolute atomic E-state index is 9.02. The summed E-state index contributed by atoms with van der Waals surface area (Å²) in [6, 6.07) is 8.22. The minimum Gasteiger partial charge on any atom is -0.396 e. The van der Waals surface area contributed by atoms with Gasteiger partial charge in [0.25, 0.3) is 0 Å². The predicted octanol–water partition coefficient (Wildman–Crippen LogP) is 2.84. The lowest BCUT2D eigenvalue weighted by molar-refractivity contribution is 0.251. The van der Waals surface area contributed by atoms with Gasteiger partial charge >= 0.3 is 0 Å². The molecule has 1 aromatic carbocycles. The number of benzene rings is 1. The highest BCUT2D eigenvalue weighted by Gasteiger charge is 2.21. The molecule has 0 spiro atoms. The number of rotatable bonds is 2. The number of aliphatic hydroxyl groups is 1. The van der Waals surface area contributed by atoms with Crippen LogP contribution in [-0.4, -0.2) is 11.7 Å². The van der Waals surface area contributed by atoms with Gasteiger partial charge in [-0.25, -0.2) is 0 Å². The smallest absolute Gasteiger partial charge is 0.0502 e. The van der Waals surface area contributed by atoms with Gasteiger partial charge in [0.1, 0.15) is 0 Å². The van der Waals surface area contributed by atoms with Gasteiger partial charge in [0.2, 0.25) is 0 Å². The van der Waals surface area contributed by atoms with Crippen molar-refractivity contribution in [2.24, 2.45) is 5.92 Å². The van der Waals surface area contributed by atoms with Crippen molar-refractivity contribution in [3.05, 3.63) is 40.4 Å². The van der Waals surface area contributed by atoms with Gasteiger partial charge in [0, 0.05) is 10.4 Å². The average Bonchev–Trinajstić information content (AvgIpc) is 2.08. The normalized spacial score (nSPS) is 20.8. The second-order valence-electron chi connectivity index (χ2n) is 3.28. The van der Waals surface area contributed by atoms with E-state index in [0.717, 1.165) is 10.9 Å². The summed E-state index contributed by atoms with van der Waals surface area (Å²) < 4.78 is 1.09. The molecule has 2 rings (SSSR count). The molecule has 0 saturated heterocycles. The van der Waals surface area contributed by atoms with Crippen LogP contribution < -0.4 is 0 Å². The van der Waals surface area contributed by atoms with Crippen LogP contribution in [-0.2, 0) is 0 Å². The molecule has 1 aliphatic carbocycles. The minimum absolute atomic E-state index is 0.266. The molecule has 0 aromatic heterocycles. The van der Waals surface area contributed by atoms with Gasteiger partial charge in [0.05, 0.1) is 6.61 Å². The van der Waals surface area contributed by atoms with E-state index in [0.29, 0.717) is 5.92 Å². The third kappa shape index (κ3) is 1.69. The Morgan fingerprint density at radius 2 is 2.00 bits per heavy atom. The first-order valence-corrected chi connectivity index (χ1v) is 5.17. The van der Waals surface area contributed by atoms with Crippen LogP contribution in [0.3, 0.4) is 0 Å². The van der Waals surface area contributed by atoms with Crippen LogP contribution in [0.5, 0.6) is 0 Å².